The molecule has 3 nitrogen and oxygen atoms in total. The molecule has 0 radical (unpaired) electrons. The van der Waals surface area contributed by atoms with Crippen LogP contribution in [0.1, 0.15) is 0 Å². The van der Waals surface area contributed by atoms with Gasteiger partial charge in [-0.3, -0.25) is 0 Å². The predicted molar refractivity (Wildman–Crippen MR) is 91.2 cm³/mol. The molecule has 0 aliphatic heterocycles. The molecule has 1 heterocycles. The zero-order valence-corrected chi connectivity index (χ0v) is 14.0. The first kappa shape index (κ1) is 14.5. The molecule has 0 atom stereocenters. The lowest BCUT2D eigenvalue weighted by Gasteiger charge is -2.09. The number of para-hydroxylation sites is 2. The molecule has 5 heteroatoms. The summed E-state index contributed by atoms with van der Waals surface area (Å²) in [5.41, 5.74) is 2.19. The Bertz CT molecular complexity index is 740. The summed E-state index contributed by atoms with van der Waals surface area (Å²) in [6, 6.07) is 16.1. The van der Waals surface area contributed by atoms with Crippen LogP contribution in [0.15, 0.2) is 58.2 Å². The third-order valence-corrected chi connectivity index (χ3v) is 4.40. The predicted octanol–water partition coefficient (Wildman–Crippen LogP) is 4.60. The van der Waals surface area contributed by atoms with Crippen LogP contribution in [-0.4, -0.2) is 22.4 Å². The Morgan fingerprint density at radius 2 is 1.90 bits per heavy atom. The van der Waals surface area contributed by atoms with E-state index in [-0.39, 0.29) is 0 Å². The van der Waals surface area contributed by atoms with Gasteiger partial charge < -0.3 is 9.30 Å². The van der Waals surface area contributed by atoms with Crippen molar-refractivity contribution in [3.05, 3.63) is 53.0 Å². The smallest absolute Gasteiger partial charge is 0.168 e. The number of rotatable bonds is 5. The summed E-state index contributed by atoms with van der Waals surface area (Å²) < 4.78 is 9.07. The molecule has 2 aromatic carbocycles. The van der Waals surface area contributed by atoms with Crippen LogP contribution in [0.2, 0.25) is 0 Å². The SMILES string of the molecule is CSc1nc2ccccc2n1CCOc1ccc(Br)cc1. The Kier molecular flexibility index (Phi) is 4.51. The zero-order valence-electron chi connectivity index (χ0n) is 11.6. The number of hydrogen-bond donors (Lipinski definition) is 0. The number of benzene rings is 2. The van der Waals surface area contributed by atoms with E-state index in [1.165, 1.54) is 0 Å². The fourth-order valence-electron chi connectivity index (χ4n) is 2.21. The molecule has 0 spiro atoms. The molecule has 0 aliphatic rings. The van der Waals surface area contributed by atoms with Gasteiger partial charge >= 0.3 is 0 Å². The first-order valence-electron chi connectivity index (χ1n) is 6.65. The van der Waals surface area contributed by atoms with E-state index in [9.17, 15) is 0 Å². The number of hydrogen-bond acceptors (Lipinski definition) is 3. The number of nitrogens with zero attached hydrogens (tertiary/aromatic N) is 2. The van der Waals surface area contributed by atoms with E-state index in [4.69, 9.17) is 4.74 Å². The third-order valence-electron chi connectivity index (χ3n) is 3.20. The van der Waals surface area contributed by atoms with Crippen molar-refractivity contribution in [1.29, 1.82) is 0 Å². The monoisotopic (exact) mass is 362 g/mol. The van der Waals surface area contributed by atoms with Crippen molar-refractivity contribution in [2.45, 2.75) is 11.7 Å². The maximum Gasteiger partial charge on any atom is 0.168 e. The molecule has 0 saturated heterocycles. The van der Waals surface area contributed by atoms with Crippen LogP contribution in [0.5, 0.6) is 5.75 Å². The summed E-state index contributed by atoms with van der Waals surface area (Å²) in [4.78, 5) is 4.63. The number of aromatic nitrogens is 2. The van der Waals surface area contributed by atoms with Gasteiger partial charge in [-0.15, -0.1) is 0 Å². The fraction of sp³-hybridized carbons (Fsp3) is 0.188. The molecule has 0 fully saturated rings. The highest BCUT2D eigenvalue weighted by molar-refractivity contribution is 9.10. The maximum atomic E-state index is 5.80. The Balaban J connectivity index is 1.74. The van der Waals surface area contributed by atoms with E-state index in [1.54, 1.807) is 11.8 Å². The van der Waals surface area contributed by atoms with Gasteiger partial charge in [-0.25, -0.2) is 4.98 Å². The lowest BCUT2D eigenvalue weighted by Crippen LogP contribution is -2.09. The Morgan fingerprint density at radius 3 is 2.67 bits per heavy atom. The van der Waals surface area contributed by atoms with Crippen molar-refractivity contribution in [3.8, 4) is 5.75 Å². The van der Waals surface area contributed by atoms with Crippen LogP contribution < -0.4 is 4.74 Å². The standard InChI is InChI=1S/C16H15BrN2OS/c1-21-16-18-14-4-2-3-5-15(14)19(16)10-11-20-13-8-6-12(17)7-9-13/h2-9H,10-11H2,1H3. The van der Waals surface area contributed by atoms with Crippen LogP contribution in [0.25, 0.3) is 11.0 Å². The minimum Gasteiger partial charge on any atom is -0.492 e. The minimum absolute atomic E-state index is 0.621. The van der Waals surface area contributed by atoms with Gasteiger partial charge in [0.25, 0.3) is 0 Å². The molecule has 0 N–H and O–H groups in total. The van der Waals surface area contributed by atoms with Crippen molar-refractivity contribution in [1.82, 2.24) is 9.55 Å². The van der Waals surface area contributed by atoms with Gasteiger partial charge in [-0.1, -0.05) is 39.8 Å². The summed E-state index contributed by atoms with van der Waals surface area (Å²) in [6.07, 6.45) is 2.05. The van der Waals surface area contributed by atoms with Crippen molar-refractivity contribution in [3.63, 3.8) is 0 Å². The minimum atomic E-state index is 0.621. The Morgan fingerprint density at radius 1 is 1.14 bits per heavy atom. The molecule has 108 valence electrons. The molecule has 0 unspecified atom stereocenters. The molecule has 0 aliphatic carbocycles. The second-order valence-corrected chi connectivity index (χ2v) is 6.23. The maximum absolute atomic E-state index is 5.80. The first-order valence-corrected chi connectivity index (χ1v) is 8.67. The number of imidazole rings is 1. The number of thioether (sulfide) groups is 1. The van der Waals surface area contributed by atoms with E-state index >= 15 is 0 Å². The molecule has 3 aromatic rings. The van der Waals surface area contributed by atoms with Crippen molar-refractivity contribution >= 4 is 38.7 Å². The highest BCUT2D eigenvalue weighted by Crippen LogP contribution is 2.22. The molecular formula is C16H15BrN2OS. The molecular weight excluding hydrogens is 348 g/mol. The van der Waals surface area contributed by atoms with Gasteiger partial charge in [0.2, 0.25) is 0 Å². The highest BCUT2D eigenvalue weighted by atomic mass is 79.9. The Labute approximate surface area is 136 Å². The molecule has 0 amide bonds. The topological polar surface area (TPSA) is 27.1 Å². The summed E-state index contributed by atoms with van der Waals surface area (Å²) in [6.45, 7) is 1.41. The van der Waals surface area contributed by atoms with Crippen molar-refractivity contribution in [2.24, 2.45) is 0 Å². The van der Waals surface area contributed by atoms with Crippen LogP contribution in [0, 0.1) is 0 Å². The quantitative estimate of drug-likeness (QED) is 0.620. The van der Waals surface area contributed by atoms with Crippen LogP contribution in [0.4, 0.5) is 0 Å². The summed E-state index contributed by atoms with van der Waals surface area (Å²) >= 11 is 5.08. The van der Waals surface area contributed by atoms with Crippen LogP contribution in [0.3, 0.4) is 0 Å². The Hall–Kier alpha value is -1.46. The normalized spacial score (nSPS) is 11.0. The van der Waals surface area contributed by atoms with E-state index in [0.717, 1.165) is 33.0 Å². The lowest BCUT2D eigenvalue weighted by molar-refractivity contribution is 0.295. The van der Waals surface area contributed by atoms with Gasteiger partial charge in [0.1, 0.15) is 12.4 Å². The van der Waals surface area contributed by atoms with Gasteiger partial charge in [0.05, 0.1) is 17.6 Å². The number of fused-ring (bicyclic) bond motifs is 1. The second-order valence-electron chi connectivity index (χ2n) is 4.54. The number of ether oxygens (including phenoxy) is 1. The first-order chi connectivity index (χ1) is 10.3. The van der Waals surface area contributed by atoms with E-state index in [0.29, 0.717) is 6.61 Å². The fourth-order valence-corrected chi connectivity index (χ4v) is 3.07. The zero-order chi connectivity index (χ0) is 14.7. The average Bonchev–Trinajstić information content (AvgIpc) is 2.87. The van der Waals surface area contributed by atoms with E-state index in [1.807, 2.05) is 48.7 Å². The second kappa shape index (κ2) is 6.54. The van der Waals surface area contributed by atoms with Gasteiger partial charge in [0.15, 0.2) is 5.16 Å². The third kappa shape index (κ3) is 3.24. The molecule has 21 heavy (non-hydrogen) atoms. The summed E-state index contributed by atoms with van der Waals surface area (Å²) in [5.74, 6) is 0.883. The van der Waals surface area contributed by atoms with Crippen LogP contribution in [-0.2, 0) is 6.54 Å². The molecule has 0 bridgehead atoms. The average molecular weight is 363 g/mol. The summed E-state index contributed by atoms with van der Waals surface area (Å²) in [5, 5.41) is 1.02. The molecule has 1 aromatic heterocycles. The largest absolute Gasteiger partial charge is 0.492 e. The van der Waals surface area contributed by atoms with Crippen molar-refractivity contribution < 1.29 is 4.74 Å². The lowest BCUT2D eigenvalue weighted by atomic mass is 10.3. The number of halogens is 1. The van der Waals surface area contributed by atoms with Crippen LogP contribution >= 0.6 is 27.7 Å². The summed E-state index contributed by atoms with van der Waals surface area (Å²) in [7, 11) is 0. The van der Waals surface area contributed by atoms with E-state index in [2.05, 4.69) is 31.5 Å². The van der Waals surface area contributed by atoms with Gasteiger partial charge in [0, 0.05) is 4.47 Å². The molecule has 3 rings (SSSR count). The van der Waals surface area contributed by atoms with Gasteiger partial charge in [-0.2, -0.15) is 0 Å². The van der Waals surface area contributed by atoms with Crippen molar-refractivity contribution in [2.75, 3.05) is 12.9 Å². The van der Waals surface area contributed by atoms with E-state index < -0.39 is 0 Å². The highest BCUT2D eigenvalue weighted by Gasteiger charge is 2.09. The molecule has 0 saturated carbocycles. The van der Waals surface area contributed by atoms with Gasteiger partial charge in [-0.05, 0) is 42.7 Å².